The zero-order chi connectivity index (χ0) is 4.00. The molecule has 0 saturated heterocycles. The van der Waals surface area contributed by atoms with E-state index >= 15 is 0 Å². The van der Waals surface area contributed by atoms with Gasteiger partial charge in [-0.05, 0) is 0 Å². The average molecular weight is 347 g/mol. The molecule has 4 heteroatoms. The molecule has 0 aromatic carbocycles. The molecule has 0 unspecified atom stereocenters. The van der Waals surface area contributed by atoms with Gasteiger partial charge in [-0.2, -0.15) is 0 Å². The van der Waals surface area contributed by atoms with Crippen LogP contribution in [-0.2, 0) is 33.1 Å². The first-order valence-electron chi connectivity index (χ1n) is 0.440. The first-order chi connectivity index (χ1) is 2.00. The van der Waals surface area contributed by atoms with Crippen molar-refractivity contribution in [2.75, 3.05) is 0 Å². The first-order valence-corrected chi connectivity index (χ1v) is 6.77. The zero-order valence-electron chi connectivity index (χ0n) is 1.89. The molecule has 0 saturated carbocycles. The Bertz CT molecular complexity index is 10.0. The quantitative estimate of drug-likeness (QED) is 0.569. The van der Waals surface area contributed by atoms with Crippen molar-refractivity contribution in [3.63, 3.8) is 0 Å². The van der Waals surface area contributed by atoms with Gasteiger partial charge in [-0.3, -0.25) is 0 Å². The molecule has 0 aliphatic carbocycles. The van der Waals surface area contributed by atoms with Crippen molar-refractivity contribution in [1.29, 1.82) is 0 Å². The summed E-state index contributed by atoms with van der Waals surface area (Å²) in [4.78, 5) is 0. The van der Waals surface area contributed by atoms with Crippen LogP contribution in [-0.4, -0.2) is 22.7 Å². The van der Waals surface area contributed by atoms with Crippen LogP contribution in [0.4, 0.5) is 0 Å². The molecular formula is HBiOSY. The Morgan fingerprint density at radius 2 is 1.50 bits per heavy atom. The molecule has 0 amide bonds. The molecule has 0 aliphatic rings. The van der Waals surface area contributed by atoms with E-state index in [0.717, 1.165) is 22.7 Å². The Labute approximate surface area is 63.4 Å². The molecule has 0 aliphatic heterocycles. The Morgan fingerprint density at radius 3 is 1.50 bits per heavy atom. The van der Waals surface area contributed by atoms with Crippen LogP contribution >= 0.6 is 8.86 Å². The van der Waals surface area contributed by atoms with Gasteiger partial charge in [0.25, 0.3) is 0 Å². The molecule has 0 rings (SSSR count). The Balaban J connectivity index is 0. The minimum atomic E-state index is 0.100. The predicted molar refractivity (Wildman–Crippen MR) is 15.4 cm³/mol. The molecule has 0 heterocycles. The van der Waals surface area contributed by atoms with Gasteiger partial charge >= 0.3 is 64.6 Å². The third-order valence-corrected chi connectivity index (χ3v) is 0. The molecule has 0 aromatic heterocycles. The first kappa shape index (κ1) is 9.38. The average Bonchev–Trinajstić information content (AvgIpc) is 1.50. The van der Waals surface area contributed by atoms with Crippen LogP contribution in [0, 0.1) is 0 Å². The van der Waals surface area contributed by atoms with Gasteiger partial charge in [-0.25, -0.2) is 0 Å². The monoisotopic (exact) mass is 347 g/mol. The second-order valence-electron chi connectivity index (χ2n) is 0. The van der Waals surface area contributed by atoms with E-state index in [1.807, 2.05) is 0 Å². The number of hydrogen-bond donors (Lipinski definition) is 0. The molecule has 0 radical (unpaired) electrons. The fraction of sp³-hybridized carbons (Fsp3) is 0. The second-order valence-corrected chi connectivity index (χ2v) is 0. The Morgan fingerprint density at radius 1 is 1.50 bits per heavy atom. The van der Waals surface area contributed by atoms with Crippen LogP contribution in [0.2, 0.25) is 0 Å². The van der Waals surface area contributed by atoms with Gasteiger partial charge in [0.1, 0.15) is 0 Å². The summed E-state index contributed by atoms with van der Waals surface area (Å²) in [5, 5.41) is 0. The van der Waals surface area contributed by atoms with Crippen LogP contribution in [0.15, 0.2) is 0 Å². The third kappa shape index (κ3) is 8.99. The molecule has 0 bridgehead atoms. The SMILES string of the molecule is [O]=[Y].[S]=[BiH]. The normalized spacial score (nSPS) is 2.50. The van der Waals surface area contributed by atoms with Gasteiger partial charge < -0.3 is 0 Å². The predicted octanol–water partition coefficient (Wildman–Crippen LogP) is -0.122. The van der Waals surface area contributed by atoms with E-state index in [0.29, 0.717) is 0 Å². The summed E-state index contributed by atoms with van der Waals surface area (Å²) in [6.07, 6.45) is 0. The van der Waals surface area contributed by atoms with Crippen LogP contribution in [0.3, 0.4) is 0 Å². The summed E-state index contributed by atoms with van der Waals surface area (Å²) in [6.45, 7) is 0. The summed E-state index contributed by atoms with van der Waals surface area (Å²) >= 11 is 0.989. The summed E-state index contributed by atoms with van der Waals surface area (Å²) in [7, 11) is 4.22. The van der Waals surface area contributed by atoms with E-state index < -0.39 is 0 Å². The molecule has 1 nitrogen and oxygen atoms in total. The van der Waals surface area contributed by atoms with Crippen LogP contribution in [0.5, 0.6) is 0 Å². The van der Waals surface area contributed by atoms with Crippen LogP contribution in [0.1, 0.15) is 0 Å². The minimum absolute atomic E-state index is 0.100. The topological polar surface area (TPSA) is 17.1 Å². The molecule has 4 heavy (non-hydrogen) atoms. The van der Waals surface area contributed by atoms with Gasteiger partial charge in [0.15, 0.2) is 0 Å². The van der Waals surface area contributed by atoms with Gasteiger partial charge in [0, 0.05) is 0 Å². The number of hydrogen-bond acceptors (Lipinski definition) is 2. The van der Waals surface area contributed by atoms with Gasteiger partial charge in [-0.1, -0.05) is 0 Å². The van der Waals surface area contributed by atoms with Crippen molar-refractivity contribution >= 4 is 31.5 Å². The van der Waals surface area contributed by atoms with Gasteiger partial charge in [-0.15, -0.1) is 0 Å². The van der Waals surface area contributed by atoms with Crippen molar-refractivity contribution in [3.8, 4) is 0 Å². The van der Waals surface area contributed by atoms with E-state index in [1.54, 1.807) is 0 Å². The Kier molecular flexibility index (Phi) is 46.8. The fourth-order valence-electron chi connectivity index (χ4n) is 0. The molecular weight excluding hydrogens is 346 g/mol. The maximum absolute atomic E-state index is 8.38. The third-order valence-electron chi connectivity index (χ3n) is 0. The van der Waals surface area contributed by atoms with Crippen molar-refractivity contribution in [3.05, 3.63) is 0 Å². The van der Waals surface area contributed by atoms with Gasteiger partial charge in [0.2, 0.25) is 0 Å². The van der Waals surface area contributed by atoms with Crippen molar-refractivity contribution < 1.29 is 33.1 Å². The van der Waals surface area contributed by atoms with E-state index in [1.165, 1.54) is 0 Å². The summed E-state index contributed by atoms with van der Waals surface area (Å²) in [6, 6.07) is 0. The standard InChI is InChI=1S/Bi.O.S.Y.H. The molecule has 0 N–H and O–H groups in total. The van der Waals surface area contributed by atoms with E-state index in [2.05, 4.69) is 8.86 Å². The molecule has 21 valence electrons. The molecule has 0 atom stereocenters. The molecule has 0 fully saturated rings. The summed E-state index contributed by atoms with van der Waals surface area (Å²) in [5.41, 5.74) is 0. The van der Waals surface area contributed by atoms with Crippen molar-refractivity contribution in [2.24, 2.45) is 0 Å². The maximum atomic E-state index is 8.38. The summed E-state index contributed by atoms with van der Waals surface area (Å²) < 4.78 is 8.38. The van der Waals surface area contributed by atoms with Gasteiger partial charge in [0.05, 0.1) is 0 Å². The number of rotatable bonds is 0. The van der Waals surface area contributed by atoms with Crippen LogP contribution < -0.4 is 0 Å². The zero-order valence-corrected chi connectivity index (χ0v) is 9.44. The Hall–Kier alpha value is 2.01. The van der Waals surface area contributed by atoms with E-state index in [4.69, 9.17) is 2.04 Å². The second kappa shape index (κ2) is 20.0. The van der Waals surface area contributed by atoms with Crippen molar-refractivity contribution in [2.45, 2.75) is 0 Å². The van der Waals surface area contributed by atoms with E-state index in [9.17, 15) is 0 Å². The summed E-state index contributed by atoms with van der Waals surface area (Å²) in [5.74, 6) is 0. The van der Waals surface area contributed by atoms with Crippen molar-refractivity contribution in [1.82, 2.24) is 0 Å². The molecule has 0 spiro atoms. The van der Waals surface area contributed by atoms with Crippen LogP contribution in [0.25, 0.3) is 0 Å². The molecule has 0 aromatic rings. The fourth-order valence-corrected chi connectivity index (χ4v) is 0. The van der Waals surface area contributed by atoms with E-state index in [-0.39, 0.29) is 31.0 Å².